The van der Waals surface area contributed by atoms with E-state index in [9.17, 15) is 0 Å². The van der Waals surface area contributed by atoms with Crippen molar-refractivity contribution in [2.75, 3.05) is 31.6 Å². The van der Waals surface area contributed by atoms with Crippen molar-refractivity contribution in [2.24, 2.45) is 0 Å². The Bertz CT molecular complexity index is 366. The fourth-order valence-electron chi connectivity index (χ4n) is 2.23. The molecule has 2 rings (SSSR count). The first-order valence-corrected chi connectivity index (χ1v) is 6.72. The van der Waals surface area contributed by atoms with E-state index in [0.29, 0.717) is 18.5 Å². The second kappa shape index (κ2) is 6.54. The summed E-state index contributed by atoms with van der Waals surface area (Å²) < 4.78 is 5.35. The maximum atomic E-state index is 5.35. The van der Waals surface area contributed by atoms with Gasteiger partial charge in [0, 0.05) is 18.7 Å². The number of rotatable bonds is 6. The summed E-state index contributed by atoms with van der Waals surface area (Å²) in [5.41, 5.74) is 0. The summed E-state index contributed by atoms with van der Waals surface area (Å²) in [5, 5.41) is 3.35. The Morgan fingerprint density at radius 3 is 2.89 bits per heavy atom. The Kier molecular flexibility index (Phi) is 4.75. The van der Waals surface area contributed by atoms with Crippen molar-refractivity contribution in [3.8, 4) is 5.88 Å². The third-order valence-electron chi connectivity index (χ3n) is 3.28. The van der Waals surface area contributed by atoms with Gasteiger partial charge in [0.15, 0.2) is 0 Å². The Balaban J connectivity index is 1.83. The maximum absolute atomic E-state index is 5.35. The van der Waals surface area contributed by atoms with Crippen LogP contribution in [0.5, 0.6) is 5.88 Å². The molecule has 18 heavy (non-hydrogen) atoms. The van der Waals surface area contributed by atoms with Crippen LogP contribution in [0, 0.1) is 0 Å². The van der Waals surface area contributed by atoms with Gasteiger partial charge >= 0.3 is 0 Å². The van der Waals surface area contributed by atoms with Crippen LogP contribution in [-0.2, 0) is 0 Å². The number of aromatic nitrogens is 2. The molecule has 1 aromatic rings. The van der Waals surface area contributed by atoms with E-state index >= 15 is 0 Å². The molecule has 0 saturated carbocycles. The van der Waals surface area contributed by atoms with Crippen LogP contribution in [-0.4, -0.2) is 47.2 Å². The molecule has 1 N–H and O–H groups in total. The van der Waals surface area contributed by atoms with Gasteiger partial charge in [0.25, 0.3) is 0 Å². The van der Waals surface area contributed by atoms with E-state index in [-0.39, 0.29) is 0 Å². The van der Waals surface area contributed by atoms with Gasteiger partial charge in [-0.05, 0) is 39.8 Å². The highest BCUT2D eigenvalue weighted by atomic mass is 16.5. The smallest absolute Gasteiger partial charge is 0.218 e. The molecule has 0 spiro atoms. The lowest BCUT2D eigenvalue weighted by Gasteiger charge is -2.24. The highest BCUT2D eigenvalue weighted by Gasteiger charge is 2.17. The lowest BCUT2D eigenvalue weighted by Crippen LogP contribution is -2.35. The maximum Gasteiger partial charge on any atom is 0.218 e. The zero-order chi connectivity index (χ0) is 12.8. The number of likely N-dealkylation sites (tertiary alicyclic amines) is 1. The van der Waals surface area contributed by atoms with Gasteiger partial charge in [-0.2, -0.15) is 0 Å². The van der Waals surface area contributed by atoms with E-state index in [0.717, 1.165) is 12.4 Å². The summed E-state index contributed by atoms with van der Waals surface area (Å²) in [6.07, 6.45) is 4.19. The normalized spacial score (nSPS) is 17.7. The van der Waals surface area contributed by atoms with Crippen LogP contribution in [0.15, 0.2) is 12.4 Å². The minimum Gasteiger partial charge on any atom is -0.478 e. The molecule has 1 atom stereocenters. The van der Waals surface area contributed by atoms with Gasteiger partial charge in [0.1, 0.15) is 12.1 Å². The monoisotopic (exact) mass is 250 g/mol. The Labute approximate surface area is 109 Å². The van der Waals surface area contributed by atoms with Crippen molar-refractivity contribution in [1.29, 1.82) is 0 Å². The van der Waals surface area contributed by atoms with E-state index in [1.807, 2.05) is 13.0 Å². The number of nitrogens with one attached hydrogen (secondary N) is 1. The minimum atomic E-state index is 0.540. The number of ether oxygens (including phenoxy) is 1. The van der Waals surface area contributed by atoms with Crippen molar-refractivity contribution in [1.82, 2.24) is 14.9 Å². The molecule has 0 aliphatic carbocycles. The van der Waals surface area contributed by atoms with E-state index in [4.69, 9.17) is 4.74 Å². The van der Waals surface area contributed by atoms with Crippen molar-refractivity contribution >= 4 is 5.82 Å². The third kappa shape index (κ3) is 3.57. The second-order valence-corrected chi connectivity index (χ2v) is 4.65. The van der Waals surface area contributed by atoms with E-state index in [1.54, 1.807) is 0 Å². The second-order valence-electron chi connectivity index (χ2n) is 4.65. The number of anilines is 1. The third-order valence-corrected chi connectivity index (χ3v) is 3.28. The molecule has 2 heterocycles. The topological polar surface area (TPSA) is 50.3 Å². The van der Waals surface area contributed by atoms with Crippen LogP contribution < -0.4 is 10.1 Å². The standard InChI is InChI=1S/C13H22N4O/c1-3-18-13-8-12(15-10-16-13)14-9-11(2)17-6-4-5-7-17/h8,10-11H,3-7,9H2,1-2H3,(H,14,15,16). The molecule has 1 saturated heterocycles. The van der Waals surface area contributed by atoms with E-state index in [2.05, 4.69) is 27.1 Å². The minimum absolute atomic E-state index is 0.540. The van der Waals surface area contributed by atoms with Gasteiger partial charge in [-0.25, -0.2) is 9.97 Å². The molecule has 0 bridgehead atoms. The number of nitrogens with zero attached hydrogens (tertiary/aromatic N) is 3. The van der Waals surface area contributed by atoms with Crippen molar-refractivity contribution in [2.45, 2.75) is 32.7 Å². The Morgan fingerprint density at radius 2 is 2.17 bits per heavy atom. The van der Waals surface area contributed by atoms with Gasteiger partial charge in [-0.3, -0.25) is 4.90 Å². The first-order chi connectivity index (χ1) is 8.79. The zero-order valence-corrected chi connectivity index (χ0v) is 11.2. The van der Waals surface area contributed by atoms with Gasteiger partial charge in [-0.15, -0.1) is 0 Å². The molecule has 0 amide bonds. The van der Waals surface area contributed by atoms with Crippen LogP contribution in [0.2, 0.25) is 0 Å². The number of hydrogen-bond acceptors (Lipinski definition) is 5. The first kappa shape index (κ1) is 13.1. The van der Waals surface area contributed by atoms with Crippen molar-refractivity contribution in [3.05, 3.63) is 12.4 Å². The van der Waals surface area contributed by atoms with Crippen molar-refractivity contribution in [3.63, 3.8) is 0 Å². The average Bonchev–Trinajstić information content (AvgIpc) is 2.91. The molecule has 0 radical (unpaired) electrons. The molecule has 100 valence electrons. The predicted octanol–water partition coefficient (Wildman–Crippen LogP) is 1.77. The average molecular weight is 250 g/mol. The van der Waals surface area contributed by atoms with Gasteiger partial charge in [0.2, 0.25) is 5.88 Å². The molecule has 0 aromatic carbocycles. The SMILES string of the molecule is CCOc1cc(NCC(C)N2CCCC2)ncn1. The van der Waals surface area contributed by atoms with Gasteiger partial charge in [0.05, 0.1) is 6.61 Å². The van der Waals surface area contributed by atoms with E-state index in [1.165, 1.54) is 32.3 Å². The van der Waals surface area contributed by atoms with Crippen LogP contribution in [0.25, 0.3) is 0 Å². The fraction of sp³-hybridized carbons (Fsp3) is 0.692. The molecule has 5 heteroatoms. The molecular formula is C13H22N4O. The highest BCUT2D eigenvalue weighted by molar-refractivity contribution is 5.37. The largest absolute Gasteiger partial charge is 0.478 e. The summed E-state index contributed by atoms with van der Waals surface area (Å²) in [5.74, 6) is 1.46. The van der Waals surface area contributed by atoms with Crippen LogP contribution >= 0.6 is 0 Å². The molecule has 1 fully saturated rings. The lowest BCUT2D eigenvalue weighted by molar-refractivity contribution is 0.269. The van der Waals surface area contributed by atoms with Gasteiger partial charge < -0.3 is 10.1 Å². The molecule has 1 aliphatic heterocycles. The summed E-state index contributed by atoms with van der Waals surface area (Å²) in [6.45, 7) is 8.17. The summed E-state index contributed by atoms with van der Waals surface area (Å²) >= 11 is 0. The van der Waals surface area contributed by atoms with E-state index < -0.39 is 0 Å². The molecule has 1 aliphatic rings. The zero-order valence-electron chi connectivity index (χ0n) is 11.2. The van der Waals surface area contributed by atoms with Crippen LogP contribution in [0.3, 0.4) is 0 Å². The summed E-state index contributed by atoms with van der Waals surface area (Å²) in [4.78, 5) is 10.8. The quantitative estimate of drug-likeness (QED) is 0.834. The predicted molar refractivity (Wildman–Crippen MR) is 72.0 cm³/mol. The van der Waals surface area contributed by atoms with Gasteiger partial charge in [-0.1, -0.05) is 0 Å². The Hall–Kier alpha value is -1.36. The molecule has 1 unspecified atom stereocenters. The summed E-state index contributed by atoms with van der Waals surface area (Å²) in [7, 11) is 0. The summed E-state index contributed by atoms with van der Waals surface area (Å²) in [6, 6.07) is 2.39. The van der Waals surface area contributed by atoms with Crippen molar-refractivity contribution < 1.29 is 4.74 Å². The molecule has 1 aromatic heterocycles. The first-order valence-electron chi connectivity index (χ1n) is 6.72. The lowest BCUT2D eigenvalue weighted by atomic mass is 10.3. The molecular weight excluding hydrogens is 228 g/mol. The van der Waals surface area contributed by atoms with Crippen LogP contribution in [0.1, 0.15) is 26.7 Å². The fourth-order valence-corrected chi connectivity index (χ4v) is 2.23. The Morgan fingerprint density at radius 1 is 1.39 bits per heavy atom. The van der Waals surface area contributed by atoms with Crippen LogP contribution in [0.4, 0.5) is 5.82 Å². The molecule has 5 nitrogen and oxygen atoms in total. The number of hydrogen-bond donors (Lipinski definition) is 1. The highest BCUT2D eigenvalue weighted by Crippen LogP contribution is 2.14.